The second kappa shape index (κ2) is 14.1. The number of benzene rings is 2. The first-order valence-electron chi connectivity index (χ1n) is 15.8. The number of aryl methyl sites for hydroxylation is 2. The zero-order valence-electron chi connectivity index (χ0n) is 27.5. The molecule has 2 aromatic carbocycles. The van der Waals surface area contributed by atoms with Crippen LogP contribution in [-0.2, 0) is 27.8 Å². The van der Waals surface area contributed by atoms with Crippen LogP contribution >= 0.6 is 0 Å². The average molecular weight is 639 g/mol. The second-order valence-electron chi connectivity index (χ2n) is 13.0. The number of aromatic nitrogens is 3. The van der Waals surface area contributed by atoms with Crippen molar-refractivity contribution in [3.8, 4) is 28.1 Å². The number of ether oxygens (including phenoxy) is 1. The number of alkyl carbamates (subject to hydrolysis) is 1. The van der Waals surface area contributed by atoms with Gasteiger partial charge in [-0.15, -0.1) is 0 Å². The number of phenolic OH excluding ortho intramolecular Hbond substituents is 1. The molecule has 47 heavy (non-hydrogen) atoms. The van der Waals surface area contributed by atoms with Gasteiger partial charge in [-0.05, 0) is 88.4 Å². The molecular formula is C36H42N6O5. The van der Waals surface area contributed by atoms with Crippen LogP contribution in [0.15, 0.2) is 73.2 Å². The Morgan fingerprint density at radius 1 is 1.06 bits per heavy atom. The Morgan fingerprint density at radius 2 is 1.83 bits per heavy atom. The molecule has 1 saturated heterocycles. The standard InChI is InChI=1S/C36H42N6O5/c1-23-11-16-31(43)27(19-23)32-28(22-41(5)40-32)25-12-14-26(15-13-25)38-33(44)30-10-6-7-18-42(30)34(45)29(20-24-9-8-17-37-21-24)39-35(46)47-36(2,3)4/h8-9,11-17,19,21-22,29-30,43H,6-7,10,18,20H2,1-5H3,(H,38,44)(H,39,46)/t29-,30?/m0/s1. The zero-order chi connectivity index (χ0) is 33.7. The lowest BCUT2D eigenvalue weighted by Gasteiger charge is -2.37. The predicted octanol–water partition coefficient (Wildman–Crippen LogP) is 5.62. The van der Waals surface area contributed by atoms with Crippen molar-refractivity contribution in [1.29, 1.82) is 0 Å². The average Bonchev–Trinajstić information content (AvgIpc) is 3.42. The van der Waals surface area contributed by atoms with E-state index >= 15 is 0 Å². The van der Waals surface area contributed by atoms with Crippen LogP contribution in [-0.4, -0.2) is 66.9 Å². The van der Waals surface area contributed by atoms with Crippen LogP contribution in [0.2, 0.25) is 0 Å². The topological polar surface area (TPSA) is 139 Å². The number of hydrogen-bond donors (Lipinski definition) is 3. The number of carbonyl (C=O) groups excluding carboxylic acids is 3. The first-order valence-corrected chi connectivity index (χ1v) is 15.8. The minimum absolute atomic E-state index is 0.148. The van der Waals surface area contributed by atoms with E-state index in [2.05, 4.69) is 20.7 Å². The molecule has 0 bridgehead atoms. The van der Waals surface area contributed by atoms with Crippen LogP contribution in [0.5, 0.6) is 5.75 Å². The lowest BCUT2D eigenvalue weighted by atomic mass is 9.98. The molecule has 2 atom stereocenters. The Labute approximate surface area is 275 Å². The molecule has 1 unspecified atom stereocenters. The van der Waals surface area contributed by atoms with Gasteiger partial charge in [0.15, 0.2) is 0 Å². The van der Waals surface area contributed by atoms with Crippen LogP contribution in [0.1, 0.15) is 51.2 Å². The van der Waals surface area contributed by atoms with Crippen LogP contribution in [0, 0.1) is 6.92 Å². The molecule has 11 nitrogen and oxygen atoms in total. The molecule has 3 heterocycles. The number of carbonyl (C=O) groups is 3. The highest BCUT2D eigenvalue weighted by molar-refractivity contribution is 5.98. The minimum atomic E-state index is -0.941. The third kappa shape index (κ3) is 8.35. The lowest BCUT2D eigenvalue weighted by Crippen LogP contribution is -2.57. The van der Waals surface area contributed by atoms with Gasteiger partial charge in [-0.1, -0.05) is 29.8 Å². The zero-order valence-corrected chi connectivity index (χ0v) is 27.5. The van der Waals surface area contributed by atoms with Gasteiger partial charge in [0.1, 0.15) is 29.1 Å². The number of hydrogen-bond acceptors (Lipinski definition) is 7. The second-order valence-corrected chi connectivity index (χ2v) is 13.0. The fourth-order valence-corrected chi connectivity index (χ4v) is 5.77. The Bertz CT molecular complexity index is 1730. The molecule has 3 N–H and O–H groups in total. The number of aromatic hydroxyl groups is 1. The molecule has 4 aromatic rings. The van der Waals surface area contributed by atoms with Gasteiger partial charge in [0.2, 0.25) is 11.8 Å². The Hall–Kier alpha value is -5.19. The highest BCUT2D eigenvalue weighted by Gasteiger charge is 2.37. The Balaban J connectivity index is 1.33. The van der Waals surface area contributed by atoms with Crippen molar-refractivity contribution < 1.29 is 24.2 Å². The van der Waals surface area contributed by atoms with Gasteiger partial charge >= 0.3 is 6.09 Å². The third-order valence-corrected chi connectivity index (χ3v) is 7.94. The molecular weight excluding hydrogens is 596 g/mol. The summed E-state index contributed by atoms with van der Waals surface area (Å²) in [4.78, 5) is 46.1. The number of anilines is 1. The first-order chi connectivity index (χ1) is 22.4. The summed E-state index contributed by atoms with van der Waals surface area (Å²) in [5, 5.41) is 20.9. The van der Waals surface area contributed by atoms with Gasteiger partial charge in [0, 0.05) is 55.4 Å². The molecule has 1 fully saturated rings. The summed E-state index contributed by atoms with van der Waals surface area (Å²) < 4.78 is 7.15. The van der Waals surface area contributed by atoms with Crippen molar-refractivity contribution in [3.63, 3.8) is 0 Å². The van der Waals surface area contributed by atoms with Gasteiger partial charge in [-0.2, -0.15) is 5.10 Å². The molecule has 0 saturated carbocycles. The number of nitrogens with zero attached hydrogens (tertiary/aromatic N) is 4. The van der Waals surface area contributed by atoms with E-state index in [-0.39, 0.29) is 24.0 Å². The fraction of sp³-hybridized carbons (Fsp3) is 0.361. The smallest absolute Gasteiger partial charge is 0.408 e. The fourth-order valence-electron chi connectivity index (χ4n) is 5.77. The van der Waals surface area contributed by atoms with Gasteiger partial charge in [0.25, 0.3) is 0 Å². The normalized spacial score (nSPS) is 15.5. The molecule has 3 amide bonds. The van der Waals surface area contributed by atoms with Crippen LogP contribution < -0.4 is 10.6 Å². The van der Waals surface area contributed by atoms with E-state index in [0.29, 0.717) is 29.9 Å². The van der Waals surface area contributed by atoms with Gasteiger partial charge in [-0.25, -0.2) is 4.79 Å². The van der Waals surface area contributed by atoms with Crippen molar-refractivity contribution in [1.82, 2.24) is 25.0 Å². The van der Waals surface area contributed by atoms with Crippen molar-refractivity contribution in [3.05, 3.63) is 84.3 Å². The summed E-state index contributed by atoms with van der Waals surface area (Å²) in [6, 6.07) is 14.8. The number of nitrogens with one attached hydrogen (secondary N) is 2. The van der Waals surface area contributed by atoms with Gasteiger partial charge in [0.05, 0.1) is 0 Å². The van der Waals surface area contributed by atoms with Crippen LogP contribution in [0.3, 0.4) is 0 Å². The summed E-state index contributed by atoms with van der Waals surface area (Å²) in [5.41, 5.74) is 4.63. The molecule has 11 heteroatoms. The number of likely N-dealkylation sites (tertiary alicyclic amines) is 1. The van der Waals surface area contributed by atoms with E-state index in [1.807, 2.05) is 62.6 Å². The number of pyridine rings is 1. The van der Waals surface area contributed by atoms with Crippen molar-refractivity contribution in [2.45, 2.75) is 71.1 Å². The van der Waals surface area contributed by atoms with Crippen molar-refractivity contribution in [2.75, 3.05) is 11.9 Å². The number of piperidine rings is 1. The lowest BCUT2D eigenvalue weighted by molar-refractivity contribution is -0.142. The van der Waals surface area contributed by atoms with E-state index in [4.69, 9.17) is 4.74 Å². The first kappa shape index (κ1) is 33.2. The van der Waals surface area contributed by atoms with Crippen molar-refractivity contribution in [2.24, 2.45) is 7.05 Å². The number of rotatable bonds is 8. The Morgan fingerprint density at radius 3 is 2.53 bits per heavy atom. The maximum Gasteiger partial charge on any atom is 0.408 e. The summed E-state index contributed by atoms with van der Waals surface area (Å²) in [6.07, 6.45) is 6.73. The van der Waals surface area contributed by atoms with E-state index in [1.54, 1.807) is 54.9 Å². The summed E-state index contributed by atoms with van der Waals surface area (Å²) in [5.74, 6) is -0.497. The maximum absolute atomic E-state index is 14.0. The van der Waals surface area contributed by atoms with E-state index < -0.39 is 23.8 Å². The van der Waals surface area contributed by atoms with Gasteiger partial charge < -0.3 is 25.4 Å². The molecule has 0 spiro atoms. The third-order valence-electron chi connectivity index (χ3n) is 7.94. The van der Waals surface area contributed by atoms with Gasteiger partial charge in [-0.3, -0.25) is 19.3 Å². The summed E-state index contributed by atoms with van der Waals surface area (Å²) in [6.45, 7) is 7.62. The van der Waals surface area contributed by atoms with Crippen molar-refractivity contribution >= 4 is 23.6 Å². The SMILES string of the molecule is Cc1ccc(O)c(-c2nn(C)cc2-c2ccc(NC(=O)C3CCCCN3C(=O)[C@H](Cc3cccnc3)NC(=O)OC(C)(C)C)cc2)c1. The predicted molar refractivity (Wildman–Crippen MR) is 180 cm³/mol. The molecule has 1 aliphatic rings. The maximum atomic E-state index is 14.0. The van der Waals surface area contributed by atoms with E-state index in [9.17, 15) is 19.5 Å². The largest absolute Gasteiger partial charge is 0.507 e. The minimum Gasteiger partial charge on any atom is -0.507 e. The Kier molecular flexibility index (Phi) is 9.93. The van der Waals surface area contributed by atoms with Crippen LogP contribution in [0.25, 0.3) is 22.4 Å². The highest BCUT2D eigenvalue weighted by atomic mass is 16.6. The molecule has 2 aromatic heterocycles. The molecule has 1 aliphatic heterocycles. The van der Waals surface area contributed by atoms with E-state index in [0.717, 1.165) is 35.1 Å². The quantitative estimate of drug-likeness (QED) is 0.228. The molecule has 246 valence electrons. The number of phenols is 1. The highest BCUT2D eigenvalue weighted by Crippen LogP contribution is 2.36. The van der Waals surface area contributed by atoms with Crippen LogP contribution in [0.4, 0.5) is 10.5 Å². The molecule has 5 rings (SSSR count). The molecule has 0 aliphatic carbocycles. The monoisotopic (exact) mass is 638 g/mol. The number of amides is 3. The van der Waals surface area contributed by atoms with E-state index in [1.165, 1.54) is 0 Å². The summed E-state index contributed by atoms with van der Waals surface area (Å²) in [7, 11) is 1.83. The molecule has 0 radical (unpaired) electrons. The summed E-state index contributed by atoms with van der Waals surface area (Å²) >= 11 is 0.